The fourth-order valence-electron chi connectivity index (χ4n) is 3.95. The van der Waals surface area contributed by atoms with E-state index in [-0.39, 0.29) is 29.7 Å². The molecular formula is C25H33N3O5S. The summed E-state index contributed by atoms with van der Waals surface area (Å²) in [6, 6.07) is 14.5. The highest BCUT2D eigenvalue weighted by Crippen LogP contribution is 2.25. The first-order chi connectivity index (χ1) is 16.3. The van der Waals surface area contributed by atoms with Crippen LogP contribution in [-0.4, -0.2) is 62.8 Å². The number of hydrogen-bond acceptors (Lipinski definition) is 6. The maximum Gasteiger partial charge on any atom is 0.306 e. The second-order valence-corrected chi connectivity index (χ2v) is 10.4. The highest BCUT2D eigenvalue weighted by molar-refractivity contribution is 7.89. The van der Waals surface area contributed by atoms with Crippen LogP contribution in [0.25, 0.3) is 0 Å². The molecule has 1 N–H and O–H groups in total. The van der Waals surface area contributed by atoms with E-state index in [0.717, 1.165) is 30.4 Å². The van der Waals surface area contributed by atoms with Gasteiger partial charge in [0.15, 0.2) is 0 Å². The first-order valence-electron chi connectivity index (χ1n) is 11.5. The minimum absolute atomic E-state index is 0.0500. The summed E-state index contributed by atoms with van der Waals surface area (Å²) < 4.78 is 32.4. The van der Waals surface area contributed by atoms with E-state index in [4.69, 9.17) is 4.74 Å². The van der Waals surface area contributed by atoms with Crippen LogP contribution in [0, 0.1) is 6.92 Å². The Morgan fingerprint density at radius 2 is 1.76 bits per heavy atom. The molecule has 34 heavy (non-hydrogen) atoms. The van der Waals surface area contributed by atoms with E-state index in [2.05, 4.69) is 5.32 Å². The Labute approximate surface area is 201 Å². The van der Waals surface area contributed by atoms with Crippen molar-refractivity contribution in [3.63, 3.8) is 0 Å². The van der Waals surface area contributed by atoms with Crippen LogP contribution < -0.4 is 5.32 Å². The molecule has 0 aliphatic carbocycles. The summed E-state index contributed by atoms with van der Waals surface area (Å²) in [7, 11) is -2.26. The van der Waals surface area contributed by atoms with Gasteiger partial charge in [0.2, 0.25) is 15.9 Å². The van der Waals surface area contributed by atoms with Gasteiger partial charge in [0.05, 0.1) is 25.0 Å². The van der Waals surface area contributed by atoms with Crippen molar-refractivity contribution in [2.45, 2.75) is 44.0 Å². The summed E-state index contributed by atoms with van der Waals surface area (Å²) >= 11 is 0. The zero-order valence-electron chi connectivity index (χ0n) is 19.8. The highest BCUT2D eigenvalue weighted by Gasteiger charge is 2.26. The van der Waals surface area contributed by atoms with Crippen molar-refractivity contribution in [2.75, 3.05) is 38.6 Å². The molecule has 184 valence electrons. The summed E-state index contributed by atoms with van der Waals surface area (Å²) in [6.45, 7) is 3.77. The fraction of sp³-hybridized carbons (Fsp3) is 0.440. The molecule has 8 nitrogen and oxygen atoms in total. The van der Waals surface area contributed by atoms with Crippen molar-refractivity contribution in [3.05, 3.63) is 59.7 Å². The van der Waals surface area contributed by atoms with Gasteiger partial charge in [0, 0.05) is 31.9 Å². The van der Waals surface area contributed by atoms with Crippen LogP contribution in [0.4, 0.5) is 5.69 Å². The summed E-state index contributed by atoms with van der Waals surface area (Å²) in [5.74, 6) is -0.624. The average molecular weight is 488 g/mol. The van der Waals surface area contributed by atoms with Crippen LogP contribution in [0.2, 0.25) is 0 Å². The van der Waals surface area contributed by atoms with Gasteiger partial charge in [-0.3, -0.25) is 14.5 Å². The molecule has 2 aromatic carbocycles. The lowest BCUT2D eigenvalue weighted by Gasteiger charge is -2.26. The zero-order chi connectivity index (χ0) is 24.6. The Balaban J connectivity index is 1.71. The molecular weight excluding hydrogens is 454 g/mol. The minimum Gasteiger partial charge on any atom is -0.469 e. The largest absolute Gasteiger partial charge is 0.469 e. The van der Waals surface area contributed by atoms with Crippen molar-refractivity contribution in [2.24, 2.45) is 0 Å². The molecule has 1 fully saturated rings. The van der Waals surface area contributed by atoms with Crippen molar-refractivity contribution in [1.29, 1.82) is 0 Å². The third-order valence-electron chi connectivity index (χ3n) is 5.91. The standard InChI is InChI=1S/C25H33N3O5S/c1-20-11-12-22(34(31,32)28-14-7-4-8-15-28)17-23(20)26-24(29)19-27(16-13-25(30)33-2)18-21-9-5-3-6-10-21/h3,5-6,9-12,17H,4,7-8,13-16,18-19H2,1-2H3,(H,26,29). The van der Waals surface area contributed by atoms with E-state index in [9.17, 15) is 18.0 Å². The molecule has 1 heterocycles. The van der Waals surface area contributed by atoms with E-state index in [1.807, 2.05) is 42.2 Å². The summed E-state index contributed by atoms with van der Waals surface area (Å²) in [5, 5.41) is 2.86. The number of benzene rings is 2. The van der Waals surface area contributed by atoms with E-state index in [1.165, 1.54) is 17.5 Å². The first-order valence-corrected chi connectivity index (χ1v) is 13.0. The summed E-state index contributed by atoms with van der Waals surface area (Å²) in [6.07, 6.45) is 2.92. The van der Waals surface area contributed by atoms with Gasteiger partial charge in [-0.2, -0.15) is 4.31 Å². The van der Waals surface area contributed by atoms with Gasteiger partial charge in [0.1, 0.15) is 0 Å². The maximum atomic E-state index is 13.1. The van der Waals surface area contributed by atoms with Crippen molar-refractivity contribution >= 4 is 27.6 Å². The minimum atomic E-state index is -3.60. The number of nitrogens with one attached hydrogen (secondary N) is 1. The number of methoxy groups -OCH3 is 1. The Bertz CT molecular complexity index is 1080. The van der Waals surface area contributed by atoms with Crippen molar-refractivity contribution in [3.8, 4) is 0 Å². The molecule has 0 saturated carbocycles. The molecule has 1 saturated heterocycles. The van der Waals surface area contributed by atoms with Crippen LogP contribution in [-0.2, 0) is 30.9 Å². The number of amides is 1. The van der Waals surface area contributed by atoms with Gasteiger partial charge < -0.3 is 10.1 Å². The van der Waals surface area contributed by atoms with Gasteiger partial charge >= 0.3 is 5.97 Å². The predicted molar refractivity (Wildman–Crippen MR) is 131 cm³/mol. The molecule has 0 aromatic heterocycles. The normalized spacial score (nSPS) is 14.7. The lowest BCUT2D eigenvalue weighted by Crippen LogP contribution is -2.36. The highest BCUT2D eigenvalue weighted by atomic mass is 32.2. The number of rotatable bonds is 10. The second-order valence-electron chi connectivity index (χ2n) is 8.51. The Kier molecular flexibility index (Phi) is 9.20. The lowest BCUT2D eigenvalue weighted by molar-refractivity contribution is -0.141. The molecule has 0 atom stereocenters. The SMILES string of the molecule is COC(=O)CCN(CC(=O)Nc1cc(S(=O)(=O)N2CCCCC2)ccc1C)Cc1ccccc1. The van der Waals surface area contributed by atoms with Crippen LogP contribution >= 0.6 is 0 Å². The van der Waals surface area contributed by atoms with Gasteiger partial charge in [0.25, 0.3) is 0 Å². The third-order valence-corrected chi connectivity index (χ3v) is 7.81. The first kappa shape index (κ1) is 25.9. The van der Waals surface area contributed by atoms with Crippen LogP contribution in [0.5, 0.6) is 0 Å². The number of carbonyl (C=O) groups is 2. The van der Waals surface area contributed by atoms with E-state index in [0.29, 0.717) is 31.9 Å². The molecule has 9 heteroatoms. The number of sulfonamides is 1. The molecule has 1 amide bonds. The van der Waals surface area contributed by atoms with Crippen molar-refractivity contribution in [1.82, 2.24) is 9.21 Å². The van der Waals surface area contributed by atoms with Crippen molar-refractivity contribution < 1.29 is 22.7 Å². The van der Waals surface area contributed by atoms with Crippen LogP contribution in [0.3, 0.4) is 0 Å². The predicted octanol–water partition coefficient (Wildman–Crippen LogP) is 3.17. The number of hydrogen-bond donors (Lipinski definition) is 1. The summed E-state index contributed by atoms with van der Waals surface area (Å²) in [5.41, 5.74) is 2.26. The Morgan fingerprint density at radius 3 is 2.44 bits per heavy atom. The molecule has 0 unspecified atom stereocenters. The number of piperidine rings is 1. The monoisotopic (exact) mass is 487 g/mol. The van der Waals surface area contributed by atoms with Gasteiger partial charge in [-0.25, -0.2) is 8.42 Å². The van der Waals surface area contributed by atoms with E-state index < -0.39 is 10.0 Å². The lowest BCUT2D eigenvalue weighted by atomic mass is 10.2. The average Bonchev–Trinajstić information content (AvgIpc) is 2.84. The molecule has 0 bridgehead atoms. The Hall–Kier alpha value is -2.75. The molecule has 2 aromatic rings. The van der Waals surface area contributed by atoms with Gasteiger partial charge in [-0.05, 0) is 43.0 Å². The fourth-order valence-corrected chi connectivity index (χ4v) is 5.49. The quantitative estimate of drug-likeness (QED) is 0.517. The number of aryl methyl sites for hydroxylation is 1. The van der Waals surface area contributed by atoms with Crippen LogP contribution in [0.15, 0.2) is 53.4 Å². The number of ether oxygens (including phenoxy) is 1. The molecule has 0 radical (unpaired) electrons. The van der Waals surface area contributed by atoms with Crippen LogP contribution in [0.1, 0.15) is 36.8 Å². The smallest absolute Gasteiger partial charge is 0.306 e. The topological polar surface area (TPSA) is 96.0 Å². The number of anilines is 1. The number of esters is 1. The van der Waals surface area contributed by atoms with Gasteiger partial charge in [-0.1, -0.05) is 42.8 Å². The van der Waals surface area contributed by atoms with E-state index >= 15 is 0 Å². The Morgan fingerprint density at radius 1 is 1.06 bits per heavy atom. The number of carbonyl (C=O) groups excluding carboxylic acids is 2. The van der Waals surface area contributed by atoms with E-state index in [1.54, 1.807) is 12.1 Å². The molecule has 1 aliphatic heterocycles. The molecule has 0 spiro atoms. The number of nitrogens with zero attached hydrogens (tertiary/aromatic N) is 2. The molecule has 3 rings (SSSR count). The zero-order valence-corrected chi connectivity index (χ0v) is 20.6. The summed E-state index contributed by atoms with van der Waals surface area (Å²) in [4.78, 5) is 26.6. The van der Waals surface area contributed by atoms with Gasteiger partial charge in [-0.15, -0.1) is 0 Å². The second kappa shape index (κ2) is 12.1. The maximum absolute atomic E-state index is 13.1. The molecule has 1 aliphatic rings. The third kappa shape index (κ3) is 7.12.